The van der Waals surface area contributed by atoms with Crippen LogP contribution in [-0.2, 0) is 21.1 Å². The van der Waals surface area contributed by atoms with Crippen molar-refractivity contribution in [2.75, 3.05) is 16.4 Å². The molecule has 1 amide bonds. The first kappa shape index (κ1) is 20.7. The number of halogens is 3. The van der Waals surface area contributed by atoms with Gasteiger partial charge in [0.1, 0.15) is 5.82 Å². The molecule has 2 unspecified atom stereocenters. The summed E-state index contributed by atoms with van der Waals surface area (Å²) in [6.45, 7) is 0. The molecule has 2 aliphatic heterocycles. The van der Waals surface area contributed by atoms with Crippen LogP contribution in [0.4, 0.5) is 10.1 Å². The molecule has 2 fully saturated rings. The van der Waals surface area contributed by atoms with Crippen LogP contribution in [0, 0.1) is 5.82 Å². The third-order valence-corrected chi connectivity index (χ3v) is 8.47. The second kappa shape index (κ2) is 7.91. The van der Waals surface area contributed by atoms with Gasteiger partial charge >= 0.3 is 0 Å². The molecular weight excluding hydrogens is 458 g/mol. The first-order valence-electron chi connectivity index (χ1n) is 8.69. The third kappa shape index (κ3) is 4.45. The van der Waals surface area contributed by atoms with E-state index >= 15 is 0 Å². The molecule has 2 aromatic rings. The number of thioether (sulfide) groups is 1. The first-order valence-corrected chi connectivity index (χ1v) is 12.1. The van der Waals surface area contributed by atoms with Crippen LogP contribution in [-0.4, -0.2) is 42.3 Å². The van der Waals surface area contributed by atoms with E-state index in [9.17, 15) is 17.6 Å². The molecule has 2 aliphatic rings. The minimum atomic E-state index is -3.18. The minimum Gasteiger partial charge on any atom is -0.314 e. The van der Waals surface area contributed by atoms with Gasteiger partial charge in [0.05, 0.1) is 34.7 Å². The Morgan fingerprint density at radius 1 is 1.17 bits per heavy atom. The largest absolute Gasteiger partial charge is 0.314 e. The number of fused-ring (bicyclic) bond motifs is 1. The van der Waals surface area contributed by atoms with Gasteiger partial charge in [0.15, 0.2) is 15.0 Å². The van der Waals surface area contributed by atoms with Gasteiger partial charge in [-0.1, -0.05) is 47.1 Å². The summed E-state index contributed by atoms with van der Waals surface area (Å²) < 4.78 is 37.3. The lowest BCUT2D eigenvalue weighted by molar-refractivity contribution is -0.117. The fraction of sp³-hybridized carbons (Fsp3) is 0.263. The molecule has 0 bridgehead atoms. The van der Waals surface area contributed by atoms with Crippen molar-refractivity contribution >= 4 is 61.6 Å². The van der Waals surface area contributed by atoms with E-state index in [1.807, 2.05) is 0 Å². The maximum atomic E-state index is 13.1. The highest BCUT2D eigenvalue weighted by Gasteiger charge is 2.49. The molecule has 4 rings (SSSR count). The van der Waals surface area contributed by atoms with Crippen molar-refractivity contribution in [3.05, 3.63) is 63.9 Å². The predicted octanol–water partition coefficient (Wildman–Crippen LogP) is 3.98. The van der Waals surface area contributed by atoms with Crippen molar-refractivity contribution in [3.8, 4) is 0 Å². The van der Waals surface area contributed by atoms with Crippen LogP contribution in [0.25, 0.3) is 0 Å². The number of amides is 1. The van der Waals surface area contributed by atoms with E-state index < -0.39 is 15.7 Å². The molecule has 0 saturated carbocycles. The van der Waals surface area contributed by atoms with Crippen LogP contribution in [0.3, 0.4) is 0 Å². The maximum Gasteiger partial charge on any atom is 0.252 e. The molecule has 2 saturated heterocycles. The normalized spacial score (nSPS) is 24.1. The molecule has 0 aromatic heterocycles. The van der Waals surface area contributed by atoms with Gasteiger partial charge in [-0.25, -0.2) is 12.8 Å². The van der Waals surface area contributed by atoms with Crippen molar-refractivity contribution in [2.45, 2.75) is 17.7 Å². The predicted molar refractivity (Wildman–Crippen MR) is 115 cm³/mol. The van der Waals surface area contributed by atoms with Crippen LogP contribution in [0.2, 0.25) is 10.0 Å². The second-order valence-electron chi connectivity index (χ2n) is 6.86. The number of anilines is 1. The SMILES string of the molecule is O=C(Cc1ccc(F)cc1)N=C1SC2CS(=O)(=O)CC2N1c1ccc(Cl)cc1Cl. The van der Waals surface area contributed by atoms with Gasteiger partial charge < -0.3 is 4.90 Å². The van der Waals surface area contributed by atoms with Crippen LogP contribution >= 0.6 is 35.0 Å². The van der Waals surface area contributed by atoms with Crippen molar-refractivity contribution in [1.29, 1.82) is 0 Å². The molecule has 0 radical (unpaired) electrons. The minimum absolute atomic E-state index is 0.0140. The summed E-state index contributed by atoms with van der Waals surface area (Å²) in [6.07, 6.45) is 0.0140. The Morgan fingerprint density at radius 3 is 2.59 bits per heavy atom. The molecule has 29 heavy (non-hydrogen) atoms. The topological polar surface area (TPSA) is 66.8 Å². The Kier molecular flexibility index (Phi) is 5.63. The Labute approximate surface area is 181 Å². The summed E-state index contributed by atoms with van der Waals surface area (Å²) in [5, 5.41) is 0.976. The van der Waals surface area contributed by atoms with Crippen LogP contribution in [0.1, 0.15) is 5.56 Å². The summed E-state index contributed by atoms with van der Waals surface area (Å²) in [7, 11) is -3.18. The lowest BCUT2D eigenvalue weighted by Gasteiger charge is -2.25. The highest BCUT2D eigenvalue weighted by Crippen LogP contribution is 2.43. The molecule has 0 spiro atoms. The molecule has 2 aromatic carbocycles. The molecular formula is C19H15Cl2FN2O3S2. The Bertz CT molecular complexity index is 1110. The standard InChI is InChI=1S/C19H15Cl2FN2O3S2/c20-12-3-6-15(14(21)8-12)24-16-9-29(26,27)10-17(16)28-19(24)23-18(25)7-11-1-4-13(22)5-2-11/h1-6,8,16-17H,7,9-10H2. The number of sulfone groups is 1. The average molecular weight is 473 g/mol. The number of carbonyl (C=O) groups is 1. The van der Waals surface area contributed by atoms with Gasteiger partial charge in [-0.15, -0.1) is 0 Å². The van der Waals surface area contributed by atoms with Gasteiger partial charge in [-0.2, -0.15) is 4.99 Å². The number of aliphatic imine (C=N–C) groups is 1. The molecule has 0 N–H and O–H groups in total. The van der Waals surface area contributed by atoms with Gasteiger partial charge in [0, 0.05) is 10.3 Å². The number of nitrogens with zero attached hydrogens (tertiary/aromatic N) is 2. The van der Waals surface area contributed by atoms with Gasteiger partial charge in [-0.3, -0.25) is 4.79 Å². The summed E-state index contributed by atoms with van der Waals surface area (Å²) >= 11 is 13.6. The fourth-order valence-electron chi connectivity index (χ4n) is 3.45. The first-order chi connectivity index (χ1) is 13.7. The van der Waals surface area contributed by atoms with Crippen molar-refractivity contribution in [3.63, 3.8) is 0 Å². The lowest BCUT2D eigenvalue weighted by Crippen LogP contribution is -2.38. The molecule has 0 aliphatic carbocycles. The Hall–Kier alpha value is -1.61. The van der Waals surface area contributed by atoms with Crippen molar-refractivity contribution in [2.24, 2.45) is 4.99 Å². The van der Waals surface area contributed by atoms with E-state index in [-0.39, 0.29) is 35.0 Å². The summed E-state index contributed by atoms with van der Waals surface area (Å²) in [6, 6.07) is 10.2. The van der Waals surface area contributed by atoms with E-state index in [4.69, 9.17) is 23.2 Å². The summed E-state index contributed by atoms with van der Waals surface area (Å²) in [5.41, 5.74) is 1.20. The molecule has 2 heterocycles. The van der Waals surface area contributed by atoms with Gasteiger partial charge in [-0.05, 0) is 35.9 Å². The zero-order valence-electron chi connectivity index (χ0n) is 14.9. The average Bonchev–Trinajstić information content (AvgIpc) is 3.08. The smallest absolute Gasteiger partial charge is 0.252 e. The highest BCUT2D eigenvalue weighted by molar-refractivity contribution is 8.16. The Morgan fingerprint density at radius 2 is 1.90 bits per heavy atom. The third-order valence-electron chi connectivity index (χ3n) is 4.72. The van der Waals surface area contributed by atoms with Crippen LogP contribution in [0.5, 0.6) is 0 Å². The quantitative estimate of drug-likeness (QED) is 0.675. The number of amidine groups is 1. The Balaban J connectivity index is 1.66. The van der Waals surface area contributed by atoms with Crippen LogP contribution in [0.15, 0.2) is 47.5 Å². The summed E-state index contributed by atoms with van der Waals surface area (Å²) in [4.78, 5) is 18.5. The second-order valence-corrected chi connectivity index (χ2v) is 11.1. The van der Waals surface area contributed by atoms with E-state index in [0.29, 0.717) is 26.5 Å². The van der Waals surface area contributed by atoms with Crippen LogP contribution < -0.4 is 4.90 Å². The number of rotatable bonds is 3. The number of hydrogen-bond acceptors (Lipinski definition) is 4. The van der Waals surface area contributed by atoms with E-state index in [1.165, 1.54) is 36.0 Å². The highest BCUT2D eigenvalue weighted by atomic mass is 35.5. The molecule has 5 nitrogen and oxygen atoms in total. The van der Waals surface area contributed by atoms with E-state index in [0.717, 1.165) is 0 Å². The zero-order chi connectivity index (χ0) is 20.8. The lowest BCUT2D eigenvalue weighted by atomic mass is 10.1. The van der Waals surface area contributed by atoms with Crippen molar-refractivity contribution < 1.29 is 17.6 Å². The summed E-state index contributed by atoms with van der Waals surface area (Å²) in [5.74, 6) is -0.794. The van der Waals surface area contributed by atoms with Gasteiger partial charge in [0.25, 0.3) is 5.91 Å². The molecule has 10 heteroatoms. The van der Waals surface area contributed by atoms with E-state index in [2.05, 4.69) is 4.99 Å². The van der Waals surface area contributed by atoms with E-state index in [1.54, 1.807) is 23.1 Å². The maximum absolute atomic E-state index is 13.1. The number of benzene rings is 2. The number of hydrogen-bond donors (Lipinski definition) is 0. The van der Waals surface area contributed by atoms with Gasteiger partial charge in [0.2, 0.25) is 0 Å². The zero-order valence-corrected chi connectivity index (χ0v) is 18.0. The monoisotopic (exact) mass is 472 g/mol. The fourth-order valence-corrected chi connectivity index (χ4v) is 7.87. The van der Waals surface area contributed by atoms with Crippen molar-refractivity contribution in [1.82, 2.24) is 0 Å². The molecule has 2 atom stereocenters. The molecule has 152 valence electrons. The number of carbonyl (C=O) groups excluding carboxylic acids is 1.